The highest BCUT2D eigenvalue weighted by Gasteiger charge is 2.32. The normalized spacial score (nSPS) is 14.3. The summed E-state index contributed by atoms with van der Waals surface area (Å²) in [4.78, 5) is 27.7. The number of hydrogen-bond donors (Lipinski definition) is 2. The predicted molar refractivity (Wildman–Crippen MR) is 126 cm³/mol. The van der Waals surface area contributed by atoms with Gasteiger partial charge in [-0.25, -0.2) is 0 Å². The molecule has 0 aromatic heterocycles. The van der Waals surface area contributed by atoms with Crippen molar-refractivity contribution >= 4 is 35.0 Å². The Hall–Kier alpha value is -2.68. The maximum Gasteiger partial charge on any atom is 0.416 e. The number of rotatable bonds is 7. The molecule has 178 valence electrons. The molecule has 0 saturated carbocycles. The molecule has 0 atom stereocenters. The topological polar surface area (TPSA) is 61.4 Å². The number of hydrogen-bond acceptors (Lipinski definition) is 4. The van der Waals surface area contributed by atoms with Gasteiger partial charge in [-0.2, -0.15) is 13.2 Å². The second-order valence-corrected chi connectivity index (χ2v) is 9.26. The lowest BCUT2D eigenvalue weighted by atomic mass is 10.1. The third-order valence-corrected chi connectivity index (χ3v) is 6.28. The smallest absolute Gasteiger partial charge is 0.370 e. The van der Waals surface area contributed by atoms with Crippen molar-refractivity contribution in [3.63, 3.8) is 0 Å². The summed E-state index contributed by atoms with van der Waals surface area (Å²) in [5.41, 5.74) is 0.208. The largest absolute Gasteiger partial charge is 0.416 e. The Morgan fingerprint density at radius 2 is 1.76 bits per heavy atom. The van der Waals surface area contributed by atoms with Crippen molar-refractivity contribution in [2.75, 3.05) is 29.1 Å². The second-order valence-electron chi connectivity index (χ2n) is 8.24. The van der Waals surface area contributed by atoms with Crippen molar-refractivity contribution in [3.8, 4) is 0 Å². The molecule has 3 rings (SSSR count). The molecule has 9 heteroatoms. The van der Waals surface area contributed by atoms with Gasteiger partial charge in [-0.05, 0) is 63.4 Å². The molecule has 2 amide bonds. The van der Waals surface area contributed by atoms with Crippen LogP contribution in [0.3, 0.4) is 0 Å². The molecule has 2 N–H and O–H groups in total. The zero-order valence-corrected chi connectivity index (χ0v) is 19.5. The lowest BCUT2D eigenvalue weighted by molar-refractivity contribution is -0.137. The van der Waals surface area contributed by atoms with Crippen molar-refractivity contribution in [1.29, 1.82) is 0 Å². The molecule has 0 spiro atoms. The highest BCUT2D eigenvalue weighted by atomic mass is 32.2. The van der Waals surface area contributed by atoms with Gasteiger partial charge in [0.1, 0.15) is 0 Å². The minimum absolute atomic E-state index is 0.00533. The van der Waals surface area contributed by atoms with E-state index in [0.29, 0.717) is 16.1 Å². The standard InChI is InChI=1S/C24H28F3N3O2S/c1-16(2)28-22(31)15-33-21-9-5-4-8-18(21)23(32)29-19-14-17(24(25,26)27)10-11-20(19)30-12-6-3-7-13-30/h4-5,8-11,14,16H,3,6-7,12-13,15H2,1-2H3,(H,28,31)(H,29,32). The number of amides is 2. The van der Waals surface area contributed by atoms with Crippen LogP contribution in [0.25, 0.3) is 0 Å². The number of carbonyl (C=O) groups excluding carboxylic acids is 2. The van der Waals surface area contributed by atoms with Crippen LogP contribution in [0.2, 0.25) is 0 Å². The molecule has 1 fully saturated rings. The van der Waals surface area contributed by atoms with Gasteiger partial charge < -0.3 is 15.5 Å². The number of anilines is 2. The van der Waals surface area contributed by atoms with Crippen LogP contribution in [0, 0.1) is 0 Å². The molecule has 33 heavy (non-hydrogen) atoms. The summed E-state index contributed by atoms with van der Waals surface area (Å²) in [6.07, 6.45) is -1.54. The van der Waals surface area contributed by atoms with Gasteiger partial charge in [-0.15, -0.1) is 11.8 Å². The molecule has 2 aromatic rings. The van der Waals surface area contributed by atoms with E-state index in [1.54, 1.807) is 24.3 Å². The Labute approximate surface area is 196 Å². The van der Waals surface area contributed by atoms with Crippen molar-refractivity contribution < 1.29 is 22.8 Å². The summed E-state index contributed by atoms with van der Waals surface area (Å²) in [6.45, 7) is 5.18. The third-order valence-electron chi connectivity index (χ3n) is 5.21. The second kappa shape index (κ2) is 11.0. The van der Waals surface area contributed by atoms with Crippen LogP contribution in [0.4, 0.5) is 24.5 Å². The minimum Gasteiger partial charge on any atom is -0.370 e. The molecular formula is C24H28F3N3O2S. The highest BCUT2D eigenvalue weighted by Crippen LogP contribution is 2.37. The van der Waals surface area contributed by atoms with Crippen LogP contribution < -0.4 is 15.5 Å². The Morgan fingerprint density at radius 3 is 2.42 bits per heavy atom. The van der Waals surface area contributed by atoms with Crippen LogP contribution in [0.5, 0.6) is 0 Å². The quantitative estimate of drug-likeness (QED) is 0.510. The van der Waals surface area contributed by atoms with Crippen LogP contribution in [-0.2, 0) is 11.0 Å². The SMILES string of the molecule is CC(C)NC(=O)CSc1ccccc1C(=O)Nc1cc(C(F)(F)F)ccc1N1CCCCC1. The summed E-state index contributed by atoms with van der Waals surface area (Å²) in [6, 6.07) is 10.2. The first-order valence-corrected chi connectivity index (χ1v) is 11.9. The Kier molecular flexibility index (Phi) is 8.29. The fourth-order valence-electron chi connectivity index (χ4n) is 3.70. The maximum absolute atomic E-state index is 13.4. The Balaban J connectivity index is 1.85. The third kappa shape index (κ3) is 6.90. The van der Waals surface area contributed by atoms with E-state index >= 15 is 0 Å². The Bertz CT molecular complexity index is 989. The average molecular weight is 480 g/mol. The van der Waals surface area contributed by atoms with E-state index in [1.807, 2.05) is 18.7 Å². The molecule has 5 nitrogen and oxygen atoms in total. The molecule has 2 aromatic carbocycles. The van der Waals surface area contributed by atoms with E-state index in [1.165, 1.54) is 17.8 Å². The van der Waals surface area contributed by atoms with E-state index in [-0.39, 0.29) is 23.4 Å². The summed E-state index contributed by atoms with van der Waals surface area (Å²) in [5, 5.41) is 5.50. The van der Waals surface area contributed by atoms with Crippen molar-refractivity contribution in [2.45, 2.75) is 50.2 Å². The van der Waals surface area contributed by atoms with Gasteiger partial charge in [0.25, 0.3) is 5.91 Å². The first-order chi connectivity index (χ1) is 15.6. The van der Waals surface area contributed by atoms with E-state index in [4.69, 9.17) is 0 Å². The first kappa shape index (κ1) is 25.0. The highest BCUT2D eigenvalue weighted by molar-refractivity contribution is 8.00. The van der Waals surface area contributed by atoms with E-state index < -0.39 is 17.6 Å². The van der Waals surface area contributed by atoms with Gasteiger partial charge in [-0.3, -0.25) is 9.59 Å². The molecule has 1 aliphatic heterocycles. The number of piperidine rings is 1. The molecule has 1 saturated heterocycles. The average Bonchev–Trinajstić information content (AvgIpc) is 2.77. The summed E-state index contributed by atoms with van der Waals surface area (Å²) >= 11 is 1.21. The predicted octanol–water partition coefficient (Wildman–Crippen LogP) is 5.56. The van der Waals surface area contributed by atoms with Crippen molar-refractivity contribution in [3.05, 3.63) is 53.6 Å². The molecule has 0 bridgehead atoms. The number of nitrogens with zero attached hydrogens (tertiary/aromatic N) is 1. The van der Waals surface area contributed by atoms with Gasteiger partial charge in [0, 0.05) is 24.0 Å². The van der Waals surface area contributed by atoms with E-state index in [2.05, 4.69) is 10.6 Å². The number of halogens is 3. The van der Waals surface area contributed by atoms with Gasteiger partial charge >= 0.3 is 6.18 Å². The van der Waals surface area contributed by atoms with Crippen molar-refractivity contribution in [1.82, 2.24) is 5.32 Å². The van der Waals surface area contributed by atoms with E-state index in [9.17, 15) is 22.8 Å². The lowest BCUT2D eigenvalue weighted by Crippen LogP contribution is -2.31. The van der Waals surface area contributed by atoms with Crippen LogP contribution in [0.1, 0.15) is 49.0 Å². The van der Waals surface area contributed by atoms with Crippen LogP contribution in [-0.4, -0.2) is 36.7 Å². The summed E-state index contributed by atoms with van der Waals surface area (Å²) in [7, 11) is 0. The van der Waals surface area contributed by atoms with Crippen LogP contribution >= 0.6 is 11.8 Å². The zero-order valence-electron chi connectivity index (χ0n) is 18.7. The number of benzene rings is 2. The van der Waals surface area contributed by atoms with Gasteiger partial charge in [0.15, 0.2) is 0 Å². The maximum atomic E-state index is 13.4. The van der Waals surface area contributed by atoms with Crippen LogP contribution in [0.15, 0.2) is 47.4 Å². The molecule has 0 aliphatic carbocycles. The monoisotopic (exact) mass is 479 g/mol. The van der Waals surface area contributed by atoms with Gasteiger partial charge in [0.05, 0.1) is 28.3 Å². The molecule has 1 aliphatic rings. The molecule has 0 radical (unpaired) electrons. The molecule has 1 heterocycles. The number of carbonyl (C=O) groups is 2. The number of nitrogens with one attached hydrogen (secondary N) is 2. The molecule has 0 unspecified atom stereocenters. The number of thioether (sulfide) groups is 1. The number of alkyl halides is 3. The van der Waals surface area contributed by atoms with Crippen molar-refractivity contribution in [2.24, 2.45) is 0 Å². The first-order valence-electron chi connectivity index (χ1n) is 10.9. The lowest BCUT2D eigenvalue weighted by Gasteiger charge is -2.31. The molecular weight excluding hydrogens is 451 g/mol. The summed E-state index contributed by atoms with van der Waals surface area (Å²) < 4.78 is 40.1. The van der Waals surface area contributed by atoms with Gasteiger partial charge in [-0.1, -0.05) is 12.1 Å². The zero-order chi connectivity index (χ0) is 24.0. The Morgan fingerprint density at radius 1 is 1.06 bits per heavy atom. The van der Waals surface area contributed by atoms with E-state index in [0.717, 1.165) is 44.5 Å². The van der Waals surface area contributed by atoms with Gasteiger partial charge in [0.2, 0.25) is 5.91 Å². The summed E-state index contributed by atoms with van der Waals surface area (Å²) in [5.74, 6) is -0.541. The fourth-order valence-corrected chi connectivity index (χ4v) is 4.56. The fraction of sp³-hybridized carbons (Fsp3) is 0.417. The minimum atomic E-state index is -4.52.